The van der Waals surface area contributed by atoms with E-state index in [4.69, 9.17) is 14.2 Å². The van der Waals surface area contributed by atoms with Gasteiger partial charge in [-0.1, -0.05) is 25.5 Å². The summed E-state index contributed by atoms with van der Waals surface area (Å²) < 4.78 is 16.4. The molecule has 0 bridgehead atoms. The molecule has 1 atom stereocenters. The molecular weight excluding hydrogens is 232 g/mol. The van der Waals surface area contributed by atoms with Crippen molar-refractivity contribution in [1.29, 1.82) is 0 Å². The lowest BCUT2D eigenvalue weighted by molar-refractivity contribution is -0.147. The molecule has 98 valence electrons. The highest BCUT2D eigenvalue weighted by molar-refractivity contribution is 5.69. The summed E-state index contributed by atoms with van der Waals surface area (Å²) in [4.78, 5) is 11.4. The number of esters is 1. The molecule has 0 saturated carbocycles. The maximum Gasteiger partial charge on any atom is 0.305 e. The first-order valence-corrected chi connectivity index (χ1v) is 6.33. The van der Waals surface area contributed by atoms with E-state index in [1.807, 2.05) is 31.2 Å². The fourth-order valence-corrected chi connectivity index (χ4v) is 1.72. The van der Waals surface area contributed by atoms with Gasteiger partial charge < -0.3 is 14.2 Å². The van der Waals surface area contributed by atoms with Crippen molar-refractivity contribution in [3.63, 3.8) is 0 Å². The van der Waals surface area contributed by atoms with Gasteiger partial charge in [0.15, 0.2) is 17.6 Å². The molecule has 1 aliphatic rings. The molecule has 0 aliphatic carbocycles. The summed E-state index contributed by atoms with van der Waals surface area (Å²) in [6.45, 7) is 2.71. The quantitative estimate of drug-likeness (QED) is 0.753. The van der Waals surface area contributed by atoms with Crippen molar-refractivity contribution in [2.75, 3.05) is 13.2 Å². The van der Waals surface area contributed by atoms with E-state index < -0.39 is 0 Å². The van der Waals surface area contributed by atoms with Crippen LogP contribution < -0.4 is 9.47 Å². The maximum atomic E-state index is 11.4. The lowest BCUT2D eigenvalue weighted by Crippen LogP contribution is -2.34. The molecule has 0 amide bonds. The van der Waals surface area contributed by atoms with Gasteiger partial charge in [0.05, 0.1) is 0 Å². The van der Waals surface area contributed by atoms with Crippen molar-refractivity contribution in [1.82, 2.24) is 0 Å². The molecule has 0 spiro atoms. The number of carbonyl (C=O) groups excluding carboxylic acids is 1. The lowest BCUT2D eigenvalue weighted by Gasteiger charge is -2.26. The van der Waals surface area contributed by atoms with Gasteiger partial charge in [-0.25, -0.2) is 0 Å². The first-order chi connectivity index (χ1) is 8.79. The topological polar surface area (TPSA) is 44.8 Å². The molecule has 0 aromatic heterocycles. The van der Waals surface area contributed by atoms with Crippen LogP contribution in [0.15, 0.2) is 24.3 Å². The normalized spacial score (nSPS) is 17.3. The van der Waals surface area contributed by atoms with E-state index in [2.05, 4.69) is 0 Å². The third-order valence-electron chi connectivity index (χ3n) is 2.73. The minimum Gasteiger partial charge on any atom is -0.486 e. The molecular formula is C14H18O4. The third kappa shape index (κ3) is 3.39. The number of carbonyl (C=O) groups is 1. The Hall–Kier alpha value is -1.71. The van der Waals surface area contributed by atoms with Gasteiger partial charge >= 0.3 is 5.97 Å². The second-order valence-corrected chi connectivity index (χ2v) is 4.28. The highest BCUT2D eigenvalue weighted by Crippen LogP contribution is 2.30. The highest BCUT2D eigenvalue weighted by Gasteiger charge is 2.21. The predicted octanol–water partition coefficient (Wildman–Crippen LogP) is 2.56. The number of ether oxygens (including phenoxy) is 3. The summed E-state index contributed by atoms with van der Waals surface area (Å²) >= 11 is 0. The summed E-state index contributed by atoms with van der Waals surface area (Å²) in [7, 11) is 0. The van der Waals surface area contributed by atoms with Crippen molar-refractivity contribution in [2.24, 2.45) is 0 Å². The van der Waals surface area contributed by atoms with Crippen LogP contribution in [0.2, 0.25) is 0 Å². The number of para-hydroxylation sites is 2. The molecule has 1 heterocycles. The number of benzene rings is 1. The Morgan fingerprint density at radius 3 is 2.94 bits per heavy atom. The Balaban J connectivity index is 1.78. The summed E-state index contributed by atoms with van der Waals surface area (Å²) in [5.41, 5.74) is 0. The first kappa shape index (κ1) is 12.7. The van der Waals surface area contributed by atoms with Gasteiger partial charge in [0.25, 0.3) is 0 Å². The number of hydrogen-bond acceptors (Lipinski definition) is 4. The third-order valence-corrected chi connectivity index (χ3v) is 2.73. The molecule has 1 aliphatic heterocycles. The van der Waals surface area contributed by atoms with E-state index in [-0.39, 0.29) is 18.7 Å². The van der Waals surface area contributed by atoms with Gasteiger partial charge in [0.1, 0.15) is 13.2 Å². The molecule has 0 N–H and O–H groups in total. The Bertz CT molecular complexity index is 403. The van der Waals surface area contributed by atoms with Gasteiger partial charge in [-0.05, 0) is 18.6 Å². The van der Waals surface area contributed by atoms with Crippen LogP contribution in [0.3, 0.4) is 0 Å². The highest BCUT2D eigenvalue weighted by atomic mass is 16.6. The second kappa shape index (κ2) is 6.28. The van der Waals surface area contributed by atoms with Crippen molar-refractivity contribution in [3.8, 4) is 11.5 Å². The predicted molar refractivity (Wildman–Crippen MR) is 66.8 cm³/mol. The van der Waals surface area contributed by atoms with Gasteiger partial charge in [0.2, 0.25) is 0 Å². The van der Waals surface area contributed by atoms with Crippen LogP contribution in [0, 0.1) is 0 Å². The van der Waals surface area contributed by atoms with Crippen molar-refractivity contribution < 1.29 is 19.0 Å². The van der Waals surface area contributed by atoms with Crippen LogP contribution in [0.4, 0.5) is 0 Å². The van der Waals surface area contributed by atoms with E-state index in [0.717, 1.165) is 18.6 Å². The minimum atomic E-state index is -0.217. The number of hydrogen-bond donors (Lipinski definition) is 0. The molecule has 1 aromatic rings. The van der Waals surface area contributed by atoms with Crippen LogP contribution in [0.5, 0.6) is 11.5 Å². The zero-order chi connectivity index (χ0) is 12.8. The molecule has 0 fully saturated rings. The van der Waals surface area contributed by atoms with Gasteiger partial charge in [-0.15, -0.1) is 0 Å². The van der Waals surface area contributed by atoms with E-state index in [1.165, 1.54) is 0 Å². The van der Waals surface area contributed by atoms with Crippen LogP contribution in [-0.4, -0.2) is 25.3 Å². The largest absolute Gasteiger partial charge is 0.486 e. The second-order valence-electron chi connectivity index (χ2n) is 4.28. The van der Waals surface area contributed by atoms with Crippen molar-refractivity contribution in [3.05, 3.63) is 24.3 Å². The fraction of sp³-hybridized carbons (Fsp3) is 0.500. The standard InChI is InChI=1S/C14H18O4/c1-2-3-8-14(15)17-10-11-9-16-12-6-4-5-7-13(12)18-11/h4-7,11H,2-3,8-10H2,1H3. The summed E-state index contributed by atoms with van der Waals surface area (Å²) in [6.07, 6.45) is 2.11. The maximum absolute atomic E-state index is 11.4. The Morgan fingerprint density at radius 1 is 1.39 bits per heavy atom. The van der Waals surface area contributed by atoms with Gasteiger partial charge in [0, 0.05) is 6.42 Å². The van der Waals surface area contributed by atoms with Crippen LogP contribution in [0.1, 0.15) is 26.2 Å². The average molecular weight is 250 g/mol. The van der Waals surface area contributed by atoms with Crippen LogP contribution in [0.25, 0.3) is 0 Å². The molecule has 1 aromatic carbocycles. The molecule has 4 nitrogen and oxygen atoms in total. The molecule has 4 heteroatoms. The minimum absolute atomic E-state index is 0.167. The molecule has 0 radical (unpaired) electrons. The summed E-state index contributed by atoms with van der Waals surface area (Å²) in [5.74, 6) is 1.28. The Kier molecular flexibility index (Phi) is 4.45. The van der Waals surface area contributed by atoms with Gasteiger partial charge in [-0.2, -0.15) is 0 Å². The lowest BCUT2D eigenvalue weighted by atomic mass is 10.2. The fourth-order valence-electron chi connectivity index (χ4n) is 1.72. The molecule has 2 rings (SSSR count). The zero-order valence-electron chi connectivity index (χ0n) is 10.6. The van der Waals surface area contributed by atoms with Crippen LogP contribution in [-0.2, 0) is 9.53 Å². The van der Waals surface area contributed by atoms with E-state index in [1.54, 1.807) is 0 Å². The smallest absolute Gasteiger partial charge is 0.305 e. The number of unbranched alkanes of at least 4 members (excludes halogenated alkanes) is 1. The Labute approximate surface area is 107 Å². The monoisotopic (exact) mass is 250 g/mol. The molecule has 18 heavy (non-hydrogen) atoms. The molecule has 0 saturated heterocycles. The first-order valence-electron chi connectivity index (χ1n) is 6.33. The summed E-state index contributed by atoms with van der Waals surface area (Å²) in [6, 6.07) is 7.49. The van der Waals surface area contributed by atoms with Crippen molar-refractivity contribution >= 4 is 5.97 Å². The van der Waals surface area contributed by atoms with Crippen LogP contribution >= 0.6 is 0 Å². The average Bonchev–Trinajstić information content (AvgIpc) is 2.42. The number of rotatable bonds is 5. The SMILES string of the molecule is CCCCC(=O)OCC1COc2ccccc2O1. The Morgan fingerprint density at radius 2 is 2.17 bits per heavy atom. The van der Waals surface area contributed by atoms with E-state index >= 15 is 0 Å². The number of fused-ring (bicyclic) bond motifs is 1. The van der Waals surface area contributed by atoms with Gasteiger partial charge in [-0.3, -0.25) is 4.79 Å². The van der Waals surface area contributed by atoms with E-state index in [0.29, 0.717) is 18.8 Å². The van der Waals surface area contributed by atoms with E-state index in [9.17, 15) is 4.79 Å². The summed E-state index contributed by atoms with van der Waals surface area (Å²) in [5, 5.41) is 0. The molecule has 1 unspecified atom stereocenters. The zero-order valence-corrected chi connectivity index (χ0v) is 10.6. The van der Waals surface area contributed by atoms with Crippen molar-refractivity contribution in [2.45, 2.75) is 32.3 Å².